The molecule has 1 aromatic carbocycles. The summed E-state index contributed by atoms with van der Waals surface area (Å²) in [4.78, 5) is 1.49. The van der Waals surface area contributed by atoms with E-state index in [0.717, 1.165) is 23.1 Å². The van der Waals surface area contributed by atoms with Gasteiger partial charge >= 0.3 is 0 Å². The van der Waals surface area contributed by atoms with E-state index in [1.54, 1.807) is 7.05 Å². The number of aromatic nitrogens is 4. The first kappa shape index (κ1) is 13.2. The second kappa shape index (κ2) is 6.06. The summed E-state index contributed by atoms with van der Waals surface area (Å²) in [5.74, 6) is 0.768. The van der Waals surface area contributed by atoms with Gasteiger partial charge in [0.25, 0.3) is 0 Å². The van der Waals surface area contributed by atoms with Gasteiger partial charge in [-0.25, -0.2) is 0 Å². The highest BCUT2D eigenvalue weighted by Gasteiger charge is 2.13. The topological polar surface area (TPSA) is 55.6 Å². The second-order valence-electron chi connectivity index (χ2n) is 4.18. The molecule has 0 aliphatic carbocycles. The molecule has 1 atom stereocenters. The Morgan fingerprint density at radius 1 is 1.33 bits per heavy atom. The first-order valence-electron chi connectivity index (χ1n) is 5.82. The van der Waals surface area contributed by atoms with Gasteiger partial charge in [-0.2, -0.15) is 4.80 Å². The summed E-state index contributed by atoms with van der Waals surface area (Å²) >= 11 is 3.57. The summed E-state index contributed by atoms with van der Waals surface area (Å²) in [6.07, 6.45) is 1.70. The van der Waals surface area contributed by atoms with Gasteiger partial charge in [-0.1, -0.05) is 34.1 Å². The van der Waals surface area contributed by atoms with E-state index in [4.69, 9.17) is 0 Å². The van der Waals surface area contributed by atoms with Gasteiger partial charge in [0.15, 0.2) is 5.82 Å². The molecule has 0 amide bonds. The van der Waals surface area contributed by atoms with Crippen molar-refractivity contribution < 1.29 is 0 Å². The van der Waals surface area contributed by atoms with Crippen LogP contribution in [-0.2, 0) is 19.9 Å². The van der Waals surface area contributed by atoms with Gasteiger partial charge in [0.1, 0.15) is 0 Å². The van der Waals surface area contributed by atoms with Crippen LogP contribution in [0.2, 0.25) is 0 Å². The van der Waals surface area contributed by atoms with E-state index in [0.29, 0.717) is 6.04 Å². The number of likely N-dealkylation sites (N-methyl/N-ethyl adjacent to an activating group) is 1. The van der Waals surface area contributed by atoms with Crippen LogP contribution in [0.3, 0.4) is 0 Å². The first-order valence-corrected chi connectivity index (χ1v) is 6.62. The molecule has 1 N–H and O–H groups in total. The highest BCUT2D eigenvalue weighted by molar-refractivity contribution is 9.10. The number of rotatable bonds is 5. The van der Waals surface area contributed by atoms with Crippen molar-refractivity contribution in [2.75, 3.05) is 7.05 Å². The zero-order chi connectivity index (χ0) is 13.0. The fourth-order valence-electron chi connectivity index (χ4n) is 1.83. The molecule has 1 heterocycles. The van der Waals surface area contributed by atoms with Gasteiger partial charge in [0.05, 0.1) is 7.05 Å². The molecule has 0 saturated carbocycles. The molecule has 0 fully saturated rings. The average Bonchev–Trinajstić information content (AvgIpc) is 2.76. The Hall–Kier alpha value is -1.27. The fraction of sp³-hybridized carbons (Fsp3) is 0.417. The van der Waals surface area contributed by atoms with E-state index in [-0.39, 0.29) is 0 Å². The average molecular weight is 310 g/mol. The monoisotopic (exact) mass is 309 g/mol. The molecule has 0 aliphatic heterocycles. The number of aryl methyl sites for hydroxylation is 1. The minimum absolute atomic E-state index is 0.299. The van der Waals surface area contributed by atoms with Crippen molar-refractivity contribution in [1.82, 2.24) is 25.5 Å². The fourth-order valence-corrected chi connectivity index (χ4v) is 2.28. The Morgan fingerprint density at radius 3 is 2.72 bits per heavy atom. The molecular formula is C12H16BrN5. The maximum atomic E-state index is 4.21. The SMILES string of the molecule is CNC(Cc1nnn(C)n1)Cc1ccccc1Br. The lowest BCUT2D eigenvalue weighted by Gasteiger charge is -2.15. The molecule has 0 bridgehead atoms. The van der Waals surface area contributed by atoms with Gasteiger partial charge in [-0.3, -0.25) is 0 Å². The van der Waals surface area contributed by atoms with Crippen molar-refractivity contribution >= 4 is 15.9 Å². The van der Waals surface area contributed by atoms with Crippen LogP contribution in [0, 0.1) is 0 Å². The maximum absolute atomic E-state index is 4.21. The number of halogens is 1. The molecule has 5 nitrogen and oxygen atoms in total. The Kier molecular flexibility index (Phi) is 4.43. The largest absolute Gasteiger partial charge is 0.316 e. The van der Waals surface area contributed by atoms with Crippen LogP contribution in [0.1, 0.15) is 11.4 Å². The lowest BCUT2D eigenvalue weighted by Crippen LogP contribution is -2.30. The highest BCUT2D eigenvalue weighted by atomic mass is 79.9. The van der Waals surface area contributed by atoms with Crippen LogP contribution >= 0.6 is 15.9 Å². The lowest BCUT2D eigenvalue weighted by atomic mass is 10.0. The zero-order valence-corrected chi connectivity index (χ0v) is 12.1. The summed E-state index contributed by atoms with van der Waals surface area (Å²) in [6, 6.07) is 8.55. The molecule has 0 aliphatic rings. The van der Waals surface area contributed by atoms with Crippen molar-refractivity contribution in [3.8, 4) is 0 Å². The lowest BCUT2D eigenvalue weighted by molar-refractivity contribution is 0.539. The molecule has 1 unspecified atom stereocenters. The molecule has 0 spiro atoms. The number of hydrogen-bond acceptors (Lipinski definition) is 4. The van der Waals surface area contributed by atoms with E-state index in [1.807, 2.05) is 19.2 Å². The Labute approximate surface area is 115 Å². The van der Waals surface area contributed by atoms with Crippen molar-refractivity contribution in [1.29, 1.82) is 0 Å². The first-order chi connectivity index (χ1) is 8.69. The van der Waals surface area contributed by atoms with E-state index in [9.17, 15) is 0 Å². The van der Waals surface area contributed by atoms with Gasteiger partial charge in [-0.15, -0.1) is 10.2 Å². The van der Waals surface area contributed by atoms with Crippen LogP contribution in [0.25, 0.3) is 0 Å². The molecule has 6 heteroatoms. The number of tetrazole rings is 1. The van der Waals surface area contributed by atoms with E-state index >= 15 is 0 Å². The number of nitrogens with zero attached hydrogens (tertiary/aromatic N) is 4. The quantitative estimate of drug-likeness (QED) is 0.906. The molecule has 0 radical (unpaired) electrons. The zero-order valence-electron chi connectivity index (χ0n) is 10.5. The minimum Gasteiger partial charge on any atom is -0.316 e. The summed E-state index contributed by atoms with van der Waals surface area (Å²) < 4.78 is 1.14. The Bertz CT molecular complexity index is 511. The molecule has 2 aromatic rings. The smallest absolute Gasteiger partial charge is 0.176 e. The van der Waals surface area contributed by atoms with Crippen LogP contribution in [0.15, 0.2) is 28.7 Å². The van der Waals surface area contributed by atoms with E-state index < -0.39 is 0 Å². The molecular weight excluding hydrogens is 294 g/mol. The third kappa shape index (κ3) is 3.36. The highest BCUT2D eigenvalue weighted by Crippen LogP contribution is 2.18. The molecule has 0 saturated heterocycles. The molecule has 18 heavy (non-hydrogen) atoms. The minimum atomic E-state index is 0.299. The maximum Gasteiger partial charge on any atom is 0.176 e. The standard InChI is InChI=1S/C12H16BrN5/c1-14-10(8-12-15-17-18(2)16-12)7-9-5-3-4-6-11(9)13/h3-6,10,14H,7-8H2,1-2H3. The van der Waals surface area contributed by atoms with E-state index in [2.05, 4.69) is 48.8 Å². The summed E-state index contributed by atoms with van der Waals surface area (Å²) in [5.41, 5.74) is 1.28. The molecule has 1 aromatic heterocycles. The summed E-state index contributed by atoms with van der Waals surface area (Å²) in [5, 5.41) is 15.4. The van der Waals surface area contributed by atoms with E-state index in [1.165, 1.54) is 10.4 Å². The van der Waals surface area contributed by atoms with Crippen molar-refractivity contribution in [3.05, 3.63) is 40.1 Å². The van der Waals surface area contributed by atoms with Gasteiger partial charge in [0, 0.05) is 16.9 Å². The third-order valence-electron chi connectivity index (χ3n) is 2.81. The number of hydrogen-bond donors (Lipinski definition) is 1. The Balaban J connectivity index is 2.04. The third-order valence-corrected chi connectivity index (χ3v) is 3.58. The van der Waals surface area contributed by atoms with Crippen LogP contribution in [0.4, 0.5) is 0 Å². The normalized spacial score (nSPS) is 12.6. The summed E-state index contributed by atoms with van der Waals surface area (Å²) in [6.45, 7) is 0. The van der Waals surface area contributed by atoms with Crippen molar-refractivity contribution in [2.24, 2.45) is 7.05 Å². The van der Waals surface area contributed by atoms with Crippen LogP contribution in [-0.4, -0.2) is 33.3 Å². The van der Waals surface area contributed by atoms with Gasteiger partial charge < -0.3 is 5.32 Å². The predicted octanol–water partition coefficient (Wildman–Crippen LogP) is 1.35. The molecule has 96 valence electrons. The van der Waals surface area contributed by atoms with Crippen LogP contribution < -0.4 is 5.32 Å². The van der Waals surface area contributed by atoms with Crippen molar-refractivity contribution in [3.63, 3.8) is 0 Å². The van der Waals surface area contributed by atoms with Crippen LogP contribution in [0.5, 0.6) is 0 Å². The molecule has 2 rings (SSSR count). The predicted molar refractivity (Wildman–Crippen MR) is 73.2 cm³/mol. The number of benzene rings is 1. The second-order valence-corrected chi connectivity index (χ2v) is 5.03. The number of nitrogens with one attached hydrogen (secondary N) is 1. The summed E-state index contributed by atoms with van der Waals surface area (Å²) in [7, 11) is 3.73. The van der Waals surface area contributed by atoms with Gasteiger partial charge in [-0.05, 0) is 30.3 Å². The Morgan fingerprint density at radius 2 is 2.11 bits per heavy atom. The van der Waals surface area contributed by atoms with Gasteiger partial charge in [0.2, 0.25) is 0 Å². The van der Waals surface area contributed by atoms with Crippen molar-refractivity contribution in [2.45, 2.75) is 18.9 Å².